The van der Waals surface area contributed by atoms with Crippen molar-refractivity contribution in [2.45, 2.75) is 25.9 Å². The number of amides is 1. The molecule has 168 valence electrons. The Morgan fingerprint density at radius 1 is 1.28 bits per heavy atom. The molecular formula is C22H25FN6O3. The third kappa shape index (κ3) is 4.13. The molecule has 2 N–H and O–H groups in total. The third-order valence-electron chi connectivity index (χ3n) is 5.43. The number of rotatable bonds is 4. The molecule has 1 fully saturated rings. The topological polar surface area (TPSA) is 101 Å². The second kappa shape index (κ2) is 8.54. The highest BCUT2D eigenvalue weighted by Gasteiger charge is 2.24. The Hall–Kier alpha value is -3.53. The lowest BCUT2D eigenvalue weighted by molar-refractivity contribution is 0.102. The van der Waals surface area contributed by atoms with Crippen LogP contribution in [0.15, 0.2) is 35.4 Å². The number of hydrogen-bond donors (Lipinski definition) is 2. The van der Waals surface area contributed by atoms with E-state index in [9.17, 15) is 14.0 Å². The predicted octanol–water partition coefficient (Wildman–Crippen LogP) is 1.92. The standard InChI is InChI=1S/C22H25FN6O3/c1-12-9-29(10-13(2)25-12)18-6-5-15(19-16(18)8-24-22(27-19)32-4)20(30)26-14-7-17(23)21(31)28(3)11-14/h5-8,11-13,25H,9-10H2,1-4H3,(H,26,30). The minimum Gasteiger partial charge on any atom is -0.467 e. The fourth-order valence-electron chi connectivity index (χ4n) is 4.11. The number of aromatic nitrogens is 3. The zero-order valence-electron chi connectivity index (χ0n) is 18.3. The number of piperazine rings is 1. The van der Waals surface area contributed by atoms with Crippen LogP contribution in [-0.2, 0) is 7.05 Å². The number of benzene rings is 1. The molecule has 0 bridgehead atoms. The molecular weight excluding hydrogens is 415 g/mol. The van der Waals surface area contributed by atoms with E-state index in [0.717, 1.165) is 29.4 Å². The summed E-state index contributed by atoms with van der Waals surface area (Å²) < 4.78 is 20.1. The molecule has 1 aromatic carbocycles. The van der Waals surface area contributed by atoms with E-state index in [0.29, 0.717) is 23.0 Å². The van der Waals surface area contributed by atoms with E-state index < -0.39 is 17.3 Å². The lowest BCUT2D eigenvalue weighted by Crippen LogP contribution is -2.54. The maximum Gasteiger partial charge on any atom is 0.316 e. The molecule has 1 amide bonds. The second-order valence-electron chi connectivity index (χ2n) is 8.07. The van der Waals surface area contributed by atoms with Crippen LogP contribution in [0.2, 0.25) is 0 Å². The number of nitrogens with one attached hydrogen (secondary N) is 2. The van der Waals surface area contributed by atoms with Gasteiger partial charge in [-0.25, -0.2) is 9.37 Å². The summed E-state index contributed by atoms with van der Waals surface area (Å²) in [6.45, 7) is 5.85. The third-order valence-corrected chi connectivity index (χ3v) is 5.43. The average molecular weight is 440 g/mol. The maximum atomic E-state index is 13.8. The molecule has 1 aliphatic heterocycles. The van der Waals surface area contributed by atoms with Crippen LogP contribution in [-0.4, -0.2) is 52.7 Å². The Morgan fingerprint density at radius 2 is 2.00 bits per heavy atom. The van der Waals surface area contributed by atoms with Crippen LogP contribution in [0.3, 0.4) is 0 Å². The summed E-state index contributed by atoms with van der Waals surface area (Å²) in [5.41, 5.74) is 1.03. The zero-order chi connectivity index (χ0) is 23.0. The van der Waals surface area contributed by atoms with Crippen molar-refractivity contribution in [2.24, 2.45) is 7.05 Å². The van der Waals surface area contributed by atoms with Crippen LogP contribution in [0.1, 0.15) is 24.2 Å². The normalized spacial score (nSPS) is 18.6. The van der Waals surface area contributed by atoms with Gasteiger partial charge in [-0.05, 0) is 26.0 Å². The number of anilines is 2. The molecule has 0 spiro atoms. The summed E-state index contributed by atoms with van der Waals surface area (Å²) in [4.78, 5) is 35.6. The fourth-order valence-corrected chi connectivity index (χ4v) is 4.11. The minimum atomic E-state index is -0.948. The van der Waals surface area contributed by atoms with Crippen LogP contribution in [0, 0.1) is 5.82 Å². The smallest absolute Gasteiger partial charge is 0.316 e. The molecule has 0 radical (unpaired) electrons. The predicted molar refractivity (Wildman–Crippen MR) is 120 cm³/mol. The van der Waals surface area contributed by atoms with Gasteiger partial charge in [0.1, 0.15) is 0 Å². The fraction of sp³-hybridized carbons (Fsp3) is 0.364. The first kappa shape index (κ1) is 21.7. The van der Waals surface area contributed by atoms with Crippen molar-refractivity contribution < 1.29 is 13.9 Å². The Bertz CT molecular complexity index is 1210. The first-order valence-electron chi connectivity index (χ1n) is 10.3. The summed E-state index contributed by atoms with van der Waals surface area (Å²) in [5.74, 6) is -1.43. The number of methoxy groups -OCH3 is 1. The van der Waals surface area contributed by atoms with Crippen LogP contribution in [0.5, 0.6) is 6.01 Å². The molecule has 10 heteroatoms. The molecule has 2 atom stereocenters. The summed E-state index contributed by atoms with van der Waals surface area (Å²) in [6, 6.07) is 5.30. The average Bonchev–Trinajstić information content (AvgIpc) is 2.75. The number of halogens is 1. The Morgan fingerprint density at radius 3 is 2.66 bits per heavy atom. The van der Waals surface area contributed by atoms with Gasteiger partial charge in [-0.3, -0.25) is 9.59 Å². The SMILES string of the molecule is COc1ncc2c(N3CC(C)NC(C)C3)ccc(C(=O)Nc3cc(F)c(=O)n(C)c3)c2n1. The number of hydrogen-bond acceptors (Lipinski definition) is 7. The van der Waals surface area contributed by atoms with Gasteiger partial charge in [-0.1, -0.05) is 0 Å². The highest BCUT2D eigenvalue weighted by Crippen LogP contribution is 2.31. The van der Waals surface area contributed by atoms with E-state index in [1.54, 1.807) is 12.3 Å². The Kier molecular flexibility index (Phi) is 5.79. The summed E-state index contributed by atoms with van der Waals surface area (Å²) >= 11 is 0. The molecule has 4 rings (SSSR count). The van der Waals surface area contributed by atoms with Crippen molar-refractivity contribution in [1.82, 2.24) is 19.9 Å². The van der Waals surface area contributed by atoms with Crippen molar-refractivity contribution in [3.05, 3.63) is 52.3 Å². The van der Waals surface area contributed by atoms with Gasteiger partial charge in [0.25, 0.3) is 11.5 Å². The van der Waals surface area contributed by atoms with E-state index in [1.165, 1.54) is 20.4 Å². The molecule has 0 aliphatic carbocycles. The Labute approximate surface area is 184 Å². The minimum absolute atomic E-state index is 0.138. The molecule has 32 heavy (non-hydrogen) atoms. The van der Waals surface area contributed by atoms with E-state index in [1.807, 2.05) is 6.07 Å². The summed E-state index contributed by atoms with van der Waals surface area (Å²) in [7, 11) is 2.87. The van der Waals surface area contributed by atoms with Crippen LogP contribution in [0.4, 0.5) is 15.8 Å². The lowest BCUT2D eigenvalue weighted by atomic mass is 10.0. The maximum absolute atomic E-state index is 13.8. The van der Waals surface area contributed by atoms with Crippen LogP contribution >= 0.6 is 0 Å². The number of fused-ring (bicyclic) bond motifs is 1. The van der Waals surface area contributed by atoms with E-state index in [4.69, 9.17) is 4.74 Å². The van der Waals surface area contributed by atoms with Gasteiger partial charge < -0.3 is 24.8 Å². The van der Waals surface area contributed by atoms with Gasteiger partial charge in [0.2, 0.25) is 0 Å². The second-order valence-corrected chi connectivity index (χ2v) is 8.07. The zero-order valence-corrected chi connectivity index (χ0v) is 18.3. The molecule has 3 heterocycles. The van der Waals surface area contributed by atoms with Crippen molar-refractivity contribution in [1.29, 1.82) is 0 Å². The monoisotopic (exact) mass is 440 g/mol. The van der Waals surface area contributed by atoms with Crippen LogP contribution < -0.4 is 25.8 Å². The number of pyridine rings is 1. The van der Waals surface area contributed by atoms with Gasteiger partial charge in [0, 0.05) is 61.8 Å². The first-order valence-corrected chi connectivity index (χ1v) is 10.3. The number of carbonyl (C=O) groups excluding carboxylic acids is 1. The molecule has 1 saturated heterocycles. The largest absolute Gasteiger partial charge is 0.467 e. The van der Waals surface area contributed by atoms with Crippen molar-refractivity contribution in [3.8, 4) is 6.01 Å². The van der Waals surface area contributed by atoms with Gasteiger partial charge >= 0.3 is 6.01 Å². The molecule has 3 aromatic rings. The highest BCUT2D eigenvalue weighted by molar-refractivity contribution is 6.13. The van der Waals surface area contributed by atoms with Crippen LogP contribution in [0.25, 0.3) is 10.9 Å². The molecule has 2 aromatic heterocycles. The van der Waals surface area contributed by atoms with E-state index in [2.05, 4.69) is 39.3 Å². The van der Waals surface area contributed by atoms with Gasteiger partial charge in [0.15, 0.2) is 5.82 Å². The number of nitrogens with zero attached hydrogens (tertiary/aromatic N) is 4. The summed E-state index contributed by atoms with van der Waals surface area (Å²) in [5, 5.41) is 6.86. The number of carbonyl (C=O) groups is 1. The van der Waals surface area contributed by atoms with E-state index >= 15 is 0 Å². The van der Waals surface area contributed by atoms with E-state index in [-0.39, 0.29) is 17.3 Å². The summed E-state index contributed by atoms with van der Waals surface area (Å²) in [6.07, 6.45) is 3.01. The highest BCUT2D eigenvalue weighted by atomic mass is 19.1. The molecule has 9 nitrogen and oxygen atoms in total. The molecule has 0 saturated carbocycles. The lowest BCUT2D eigenvalue weighted by Gasteiger charge is -2.38. The first-order chi connectivity index (χ1) is 15.3. The number of ether oxygens (including phenoxy) is 1. The van der Waals surface area contributed by atoms with Gasteiger partial charge in [0.05, 0.1) is 23.9 Å². The molecule has 1 aliphatic rings. The number of aryl methyl sites for hydroxylation is 1. The van der Waals surface area contributed by atoms with Gasteiger partial charge in [-0.2, -0.15) is 4.98 Å². The molecule has 2 unspecified atom stereocenters. The van der Waals surface area contributed by atoms with Crippen molar-refractivity contribution in [3.63, 3.8) is 0 Å². The van der Waals surface area contributed by atoms with Crippen molar-refractivity contribution >= 4 is 28.2 Å². The quantitative estimate of drug-likeness (QED) is 0.639. The van der Waals surface area contributed by atoms with Crippen molar-refractivity contribution in [2.75, 3.05) is 30.4 Å². The Balaban J connectivity index is 1.76. The van der Waals surface area contributed by atoms with Gasteiger partial charge in [-0.15, -0.1) is 0 Å².